The van der Waals surface area contributed by atoms with Crippen molar-refractivity contribution in [2.24, 2.45) is 0 Å². The predicted octanol–water partition coefficient (Wildman–Crippen LogP) is 2.13. The minimum Gasteiger partial charge on any atom is -0.377 e. The Morgan fingerprint density at radius 1 is 1.16 bits per heavy atom. The van der Waals surface area contributed by atoms with Crippen molar-refractivity contribution >= 4 is 32.5 Å². The van der Waals surface area contributed by atoms with Crippen LogP contribution in [0.1, 0.15) is 11.1 Å². The SMILES string of the molecule is CNC1(CNc2nc(N3CCS(=O)(=O)c4ccccc4C3)nc3ccc(C)cc23)COC1. The summed E-state index contributed by atoms with van der Waals surface area (Å²) >= 11 is 0. The molecule has 2 aliphatic heterocycles. The van der Waals surface area contributed by atoms with E-state index in [0.717, 1.165) is 27.8 Å². The number of nitrogens with zero attached hydrogens (tertiary/aromatic N) is 3. The number of aryl methyl sites for hydroxylation is 1. The van der Waals surface area contributed by atoms with E-state index in [9.17, 15) is 8.42 Å². The number of benzene rings is 2. The first-order valence-electron chi connectivity index (χ1n) is 10.7. The fraction of sp³-hybridized carbons (Fsp3) is 0.391. The second-order valence-electron chi connectivity index (χ2n) is 8.62. The monoisotopic (exact) mass is 453 g/mol. The van der Waals surface area contributed by atoms with E-state index in [1.807, 2.05) is 43.1 Å². The number of sulfone groups is 1. The number of nitrogens with one attached hydrogen (secondary N) is 2. The van der Waals surface area contributed by atoms with Crippen LogP contribution in [0.25, 0.3) is 10.9 Å². The van der Waals surface area contributed by atoms with Crippen LogP contribution in [0.3, 0.4) is 0 Å². The Bertz CT molecular complexity index is 1270. The summed E-state index contributed by atoms with van der Waals surface area (Å²) in [6.45, 7) is 4.78. The molecule has 9 heteroatoms. The van der Waals surface area contributed by atoms with E-state index in [0.29, 0.717) is 43.7 Å². The minimum absolute atomic E-state index is 0.0300. The largest absolute Gasteiger partial charge is 0.377 e. The molecule has 0 amide bonds. The smallest absolute Gasteiger partial charge is 0.228 e. The van der Waals surface area contributed by atoms with Gasteiger partial charge in [0.2, 0.25) is 5.95 Å². The molecule has 0 unspecified atom stereocenters. The molecule has 2 N–H and O–H groups in total. The van der Waals surface area contributed by atoms with E-state index in [1.165, 1.54) is 0 Å². The van der Waals surface area contributed by atoms with E-state index in [4.69, 9.17) is 14.7 Å². The van der Waals surface area contributed by atoms with Crippen molar-refractivity contribution in [1.82, 2.24) is 15.3 Å². The highest BCUT2D eigenvalue weighted by Gasteiger charge is 2.37. The highest BCUT2D eigenvalue weighted by atomic mass is 32.2. The zero-order valence-electron chi connectivity index (χ0n) is 18.3. The predicted molar refractivity (Wildman–Crippen MR) is 125 cm³/mol. The number of hydrogen-bond acceptors (Lipinski definition) is 8. The summed E-state index contributed by atoms with van der Waals surface area (Å²) < 4.78 is 31.0. The first-order chi connectivity index (χ1) is 15.4. The quantitative estimate of drug-likeness (QED) is 0.607. The molecule has 0 atom stereocenters. The molecule has 3 heterocycles. The molecule has 0 spiro atoms. The highest BCUT2D eigenvalue weighted by molar-refractivity contribution is 7.91. The lowest BCUT2D eigenvalue weighted by molar-refractivity contribution is -0.0632. The standard InChI is InChI=1S/C23H27N5O3S/c1-16-7-8-19-18(11-16)21(25-13-23(24-2)14-31-15-23)27-22(26-19)28-9-10-32(29,30)20-6-4-3-5-17(20)12-28/h3-8,11,24H,9-10,12-15H2,1-2H3,(H,25,26,27). The first-order valence-corrected chi connectivity index (χ1v) is 12.4. The maximum absolute atomic E-state index is 12.8. The molecule has 2 aromatic carbocycles. The van der Waals surface area contributed by atoms with Crippen LogP contribution < -0.4 is 15.5 Å². The Morgan fingerprint density at radius 3 is 2.72 bits per heavy atom. The Balaban J connectivity index is 1.54. The number of hydrogen-bond donors (Lipinski definition) is 2. The molecule has 0 saturated carbocycles. The van der Waals surface area contributed by atoms with Crippen LogP contribution in [-0.4, -0.2) is 63.0 Å². The third kappa shape index (κ3) is 3.80. The van der Waals surface area contributed by atoms with Gasteiger partial charge in [0.05, 0.1) is 34.9 Å². The van der Waals surface area contributed by atoms with Crippen LogP contribution in [0.4, 0.5) is 11.8 Å². The molecule has 0 radical (unpaired) electrons. The van der Waals surface area contributed by atoms with Gasteiger partial charge in [-0.05, 0) is 37.7 Å². The molecule has 32 heavy (non-hydrogen) atoms. The number of fused-ring (bicyclic) bond motifs is 2. The van der Waals surface area contributed by atoms with Gasteiger partial charge in [-0.25, -0.2) is 13.4 Å². The summed E-state index contributed by atoms with van der Waals surface area (Å²) in [5, 5.41) is 7.79. The Morgan fingerprint density at radius 2 is 1.97 bits per heavy atom. The molecule has 3 aromatic rings. The Kier molecular flexibility index (Phi) is 5.27. The van der Waals surface area contributed by atoms with Gasteiger partial charge in [0.25, 0.3) is 0 Å². The number of ether oxygens (including phenoxy) is 1. The molecule has 168 valence electrons. The normalized spacial score (nSPS) is 19.1. The maximum atomic E-state index is 12.8. The van der Waals surface area contributed by atoms with Crippen molar-refractivity contribution in [3.8, 4) is 0 Å². The molecule has 8 nitrogen and oxygen atoms in total. The average molecular weight is 454 g/mol. The van der Waals surface area contributed by atoms with Crippen LogP contribution in [-0.2, 0) is 21.1 Å². The van der Waals surface area contributed by atoms with Crippen LogP contribution >= 0.6 is 0 Å². The number of aromatic nitrogens is 2. The molecule has 1 saturated heterocycles. The van der Waals surface area contributed by atoms with E-state index < -0.39 is 9.84 Å². The zero-order chi connectivity index (χ0) is 22.3. The Labute approximate surface area is 187 Å². The molecular weight excluding hydrogens is 426 g/mol. The number of anilines is 2. The van der Waals surface area contributed by atoms with E-state index in [1.54, 1.807) is 12.1 Å². The van der Waals surface area contributed by atoms with Crippen LogP contribution in [0.5, 0.6) is 0 Å². The van der Waals surface area contributed by atoms with Crippen molar-refractivity contribution in [2.45, 2.75) is 23.9 Å². The van der Waals surface area contributed by atoms with Crippen molar-refractivity contribution in [3.05, 3.63) is 53.6 Å². The second-order valence-corrected chi connectivity index (χ2v) is 10.7. The maximum Gasteiger partial charge on any atom is 0.228 e. The molecule has 2 aliphatic rings. The average Bonchev–Trinajstić information content (AvgIpc) is 2.89. The second kappa shape index (κ2) is 7.99. The van der Waals surface area contributed by atoms with Gasteiger partial charge in [0, 0.05) is 25.0 Å². The van der Waals surface area contributed by atoms with Crippen LogP contribution in [0, 0.1) is 6.92 Å². The van der Waals surface area contributed by atoms with Crippen molar-refractivity contribution < 1.29 is 13.2 Å². The van der Waals surface area contributed by atoms with E-state index >= 15 is 0 Å². The third-order valence-electron chi connectivity index (χ3n) is 6.30. The summed E-state index contributed by atoms with van der Waals surface area (Å²) in [5.74, 6) is 1.30. The van der Waals surface area contributed by atoms with Gasteiger partial charge in [-0.2, -0.15) is 4.98 Å². The van der Waals surface area contributed by atoms with Gasteiger partial charge in [0.1, 0.15) is 5.82 Å². The molecule has 5 rings (SSSR count). The van der Waals surface area contributed by atoms with E-state index in [-0.39, 0.29) is 11.3 Å². The molecule has 1 aromatic heterocycles. The van der Waals surface area contributed by atoms with Crippen molar-refractivity contribution in [3.63, 3.8) is 0 Å². The number of rotatable bonds is 5. The van der Waals surface area contributed by atoms with Crippen molar-refractivity contribution in [1.29, 1.82) is 0 Å². The first kappa shape index (κ1) is 21.1. The summed E-state index contributed by atoms with van der Waals surface area (Å²) in [5.41, 5.74) is 2.61. The lowest BCUT2D eigenvalue weighted by Gasteiger charge is -2.41. The summed E-state index contributed by atoms with van der Waals surface area (Å²) in [6, 6.07) is 13.3. The molecular formula is C23H27N5O3S. The van der Waals surface area contributed by atoms with E-state index in [2.05, 4.69) is 16.7 Å². The number of likely N-dealkylation sites (N-methyl/N-ethyl adjacent to an activating group) is 1. The Hall–Kier alpha value is -2.75. The van der Waals surface area contributed by atoms with Crippen LogP contribution in [0.2, 0.25) is 0 Å². The lowest BCUT2D eigenvalue weighted by Crippen LogP contribution is -2.63. The topological polar surface area (TPSA) is 96.5 Å². The fourth-order valence-corrected chi connectivity index (χ4v) is 5.67. The lowest BCUT2D eigenvalue weighted by atomic mass is 9.98. The summed E-state index contributed by atoms with van der Waals surface area (Å²) in [4.78, 5) is 12.0. The molecule has 0 aliphatic carbocycles. The van der Waals surface area contributed by atoms with Crippen LogP contribution in [0.15, 0.2) is 47.4 Å². The van der Waals surface area contributed by atoms with Gasteiger partial charge in [-0.15, -0.1) is 0 Å². The minimum atomic E-state index is -3.34. The zero-order valence-corrected chi connectivity index (χ0v) is 19.1. The van der Waals surface area contributed by atoms with Gasteiger partial charge in [-0.3, -0.25) is 0 Å². The van der Waals surface area contributed by atoms with Gasteiger partial charge in [-0.1, -0.05) is 29.8 Å². The van der Waals surface area contributed by atoms with Gasteiger partial charge in [0.15, 0.2) is 9.84 Å². The van der Waals surface area contributed by atoms with Gasteiger partial charge >= 0.3 is 0 Å². The highest BCUT2D eigenvalue weighted by Crippen LogP contribution is 2.29. The fourth-order valence-electron chi connectivity index (χ4n) is 4.18. The van der Waals surface area contributed by atoms with Crippen molar-refractivity contribution in [2.75, 3.05) is 49.3 Å². The van der Waals surface area contributed by atoms with Gasteiger partial charge < -0.3 is 20.3 Å². The third-order valence-corrected chi connectivity index (χ3v) is 8.09. The summed E-state index contributed by atoms with van der Waals surface area (Å²) in [6.07, 6.45) is 0. The summed E-state index contributed by atoms with van der Waals surface area (Å²) in [7, 11) is -1.40. The molecule has 1 fully saturated rings. The molecule has 0 bridgehead atoms.